The van der Waals surface area contributed by atoms with Gasteiger partial charge in [0.2, 0.25) is 0 Å². The van der Waals surface area contributed by atoms with Crippen LogP contribution in [0.4, 0.5) is 0 Å². The Labute approximate surface area is 60.9 Å². The molecular formula is C6H14N2O2. The zero-order chi connectivity index (χ0) is 8.15. The first-order chi connectivity index (χ1) is 4.57. The molecule has 0 amide bonds. The minimum Gasteiger partial charge on any atom is -0.373 e. The number of hydrogen-bond donors (Lipinski definition) is 1. The highest BCUT2D eigenvalue weighted by atomic mass is 16.7. The van der Waals surface area contributed by atoms with Gasteiger partial charge in [0.25, 0.3) is 0 Å². The predicted molar refractivity (Wildman–Crippen MR) is 38.0 cm³/mol. The third-order valence-corrected chi connectivity index (χ3v) is 1.48. The maximum atomic E-state index is 10.6. The van der Waals surface area contributed by atoms with Gasteiger partial charge in [0.15, 0.2) is 0 Å². The second kappa shape index (κ2) is 4.24. The third-order valence-electron chi connectivity index (χ3n) is 1.48. The Morgan fingerprint density at radius 1 is 1.70 bits per heavy atom. The molecule has 0 bridgehead atoms. The van der Waals surface area contributed by atoms with Crippen molar-refractivity contribution in [1.29, 1.82) is 0 Å². The van der Waals surface area contributed by atoms with Gasteiger partial charge in [-0.25, -0.2) is 0 Å². The summed E-state index contributed by atoms with van der Waals surface area (Å²) in [6.07, 6.45) is 0.337. The van der Waals surface area contributed by atoms with Crippen LogP contribution in [0, 0.1) is 0 Å². The largest absolute Gasteiger partial charge is 0.373 e. The molecule has 10 heavy (non-hydrogen) atoms. The average Bonchev–Trinajstić information content (AvgIpc) is 1.87. The Morgan fingerprint density at radius 3 is 2.50 bits per heavy atom. The Balaban J connectivity index is 3.57. The Bertz CT molecular complexity index is 114. The van der Waals surface area contributed by atoms with Crippen molar-refractivity contribution in [2.75, 3.05) is 14.1 Å². The van der Waals surface area contributed by atoms with Crippen molar-refractivity contribution in [2.24, 2.45) is 5.90 Å². The molecule has 0 fully saturated rings. The quantitative estimate of drug-likeness (QED) is 0.557. The molecule has 0 aromatic heterocycles. The van der Waals surface area contributed by atoms with E-state index in [-0.39, 0.29) is 12.0 Å². The lowest BCUT2D eigenvalue weighted by Gasteiger charge is -2.17. The Kier molecular flexibility index (Phi) is 3.99. The van der Waals surface area contributed by atoms with Crippen LogP contribution in [-0.4, -0.2) is 31.0 Å². The molecule has 0 heterocycles. The maximum Gasteiger partial charge on any atom is 0.325 e. The average molecular weight is 146 g/mol. The summed E-state index contributed by atoms with van der Waals surface area (Å²) >= 11 is 0. The van der Waals surface area contributed by atoms with Crippen LogP contribution in [-0.2, 0) is 9.63 Å². The standard InChI is InChI=1S/C6H14N2O2/c1-5(8(2)3)4-6(9)10-7/h5H,4,7H2,1-3H3. The molecule has 1 atom stereocenters. The molecule has 0 rings (SSSR count). The Hall–Kier alpha value is -0.610. The summed E-state index contributed by atoms with van der Waals surface area (Å²) in [7, 11) is 3.79. The number of carbonyl (C=O) groups is 1. The van der Waals surface area contributed by atoms with Gasteiger partial charge in [-0.2, -0.15) is 5.90 Å². The van der Waals surface area contributed by atoms with Crippen LogP contribution >= 0.6 is 0 Å². The van der Waals surface area contributed by atoms with Gasteiger partial charge in [-0.05, 0) is 21.0 Å². The van der Waals surface area contributed by atoms with Gasteiger partial charge in [0, 0.05) is 6.04 Å². The number of nitrogens with zero attached hydrogens (tertiary/aromatic N) is 1. The monoisotopic (exact) mass is 146 g/mol. The highest BCUT2D eigenvalue weighted by Gasteiger charge is 2.10. The van der Waals surface area contributed by atoms with Crippen LogP contribution in [0.5, 0.6) is 0 Å². The number of hydrogen-bond acceptors (Lipinski definition) is 4. The van der Waals surface area contributed by atoms with E-state index in [2.05, 4.69) is 10.7 Å². The second-order valence-electron chi connectivity index (χ2n) is 2.51. The first-order valence-electron chi connectivity index (χ1n) is 3.14. The molecule has 0 aliphatic heterocycles. The normalized spacial score (nSPS) is 13.3. The minimum absolute atomic E-state index is 0.177. The van der Waals surface area contributed by atoms with Gasteiger partial charge in [-0.3, -0.25) is 4.79 Å². The lowest BCUT2D eigenvalue weighted by atomic mass is 10.2. The van der Waals surface area contributed by atoms with Crippen LogP contribution < -0.4 is 5.90 Å². The van der Waals surface area contributed by atoms with E-state index in [1.54, 1.807) is 0 Å². The smallest absolute Gasteiger partial charge is 0.325 e. The third kappa shape index (κ3) is 3.42. The van der Waals surface area contributed by atoms with Crippen molar-refractivity contribution in [3.63, 3.8) is 0 Å². The highest BCUT2D eigenvalue weighted by Crippen LogP contribution is 1.97. The van der Waals surface area contributed by atoms with E-state index in [1.807, 2.05) is 25.9 Å². The second-order valence-corrected chi connectivity index (χ2v) is 2.51. The minimum atomic E-state index is -0.374. The summed E-state index contributed by atoms with van der Waals surface area (Å²) in [5.41, 5.74) is 0. The summed E-state index contributed by atoms with van der Waals surface area (Å²) in [5.74, 6) is 4.28. The van der Waals surface area contributed by atoms with E-state index in [4.69, 9.17) is 0 Å². The first-order valence-corrected chi connectivity index (χ1v) is 3.14. The van der Waals surface area contributed by atoms with Crippen LogP contribution in [0.2, 0.25) is 0 Å². The maximum absolute atomic E-state index is 10.6. The predicted octanol–water partition coefficient (Wildman–Crippen LogP) is -0.256. The molecule has 2 N–H and O–H groups in total. The summed E-state index contributed by atoms with van der Waals surface area (Å²) in [6.45, 7) is 1.93. The lowest BCUT2D eigenvalue weighted by molar-refractivity contribution is -0.145. The molecule has 0 aromatic carbocycles. The van der Waals surface area contributed by atoms with Crippen molar-refractivity contribution in [3.05, 3.63) is 0 Å². The van der Waals surface area contributed by atoms with E-state index >= 15 is 0 Å². The molecule has 4 heteroatoms. The number of rotatable bonds is 3. The first kappa shape index (κ1) is 9.39. The summed E-state index contributed by atoms with van der Waals surface area (Å²) in [5, 5.41) is 0. The van der Waals surface area contributed by atoms with Gasteiger partial charge in [0.05, 0.1) is 6.42 Å². The Morgan fingerprint density at radius 2 is 2.20 bits per heavy atom. The molecule has 0 aliphatic rings. The van der Waals surface area contributed by atoms with Gasteiger partial charge in [-0.15, -0.1) is 0 Å². The highest BCUT2D eigenvalue weighted by molar-refractivity contribution is 5.69. The molecule has 0 aliphatic carbocycles. The fourth-order valence-corrected chi connectivity index (χ4v) is 0.472. The van der Waals surface area contributed by atoms with Gasteiger partial charge in [-0.1, -0.05) is 0 Å². The number of carbonyl (C=O) groups excluding carboxylic acids is 1. The molecule has 4 nitrogen and oxygen atoms in total. The van der Waals surface area contributed by atoms with E-state index in [0.29, 0.717) is 6.42 Å². The van der Waals surface area contributed by atoms with Crippen LogP contribution in [0.15, 0.2) is 0 Å². The van der Waals surface area contributed by atoms with E-state index < -0.39 is 0 Å². The van der Waals surface area contributed by atoms with E-state index in [0.717, 1.165) is 0 Å². The molecule has 0 radical (unpaired) electrons. The molecule has 0 spiro atoms. The fourth-order valence-electron chi connectivity index (χ4n) is 0.472. The van der Waals surface area contributed by atoms with Gasteiger partial charge < -0.3 is 9.74 Å². The van der Waals surface area contributed by atoms with Crippen molar-refractivity contribution < 1.29 is 9.63 Å². The van der Waals surface area contributed by atoms with Crippen molar-refractivity contribution in [1.82, 2.24) is 4.90 Å². The van der Waals surface area contributed by atoms with E-state index in [9.17, 15) is 4.79 Å². The van der Waals surface area contributed by atoms with Gasteiger partial charge in [0.1, 0.15) is 0 Å². The van der Waals surface area contributed by atoms with Gasteiger partial charge >= 0.3 is 5.97 Å². The number of nitrogens with two attached hydrogens (primary N) is 1. The van der Waals surface area contributed by atoms with Crippen molar-refractivity contribution in [3.8, 4) is 0 Å². The molecular weight excluding hydrogens is 132 g/mol. The SMILES string of the molecule is CC(CC(=O)ON)N(C)C. The van der Waals surface area contributed by atoms with E-state index in [1.165, 1.54) is 0 Å². The zero-order valence-electron chi connectivity index (χ0n) is 6.63. The van der Waals surface area contributed by atoms with Crippen LogP contribution in [0.25, 0.3) is 0 Å². The van der Waals surface area contributed by atoms with Crippen molar-refractivity contribution in [2.45, 2.75) is 19.4 Å². The van der Waals surface area contributed by atoms with Crippen LogP contribution in [0.1, 0.15) is 13.3 Å². The zero-order valence-corrected chi connectivity index (χ0v) is 6.63. The summed E-state index contributed by atoms with van der Waals surface area (Å²) < 4.78 is 0. The molecule has 1 unspecified atom stereocenters. The topological polar surface area (TPSA) is 55.6 Å². The molecule has 0 saturated carbocycles. The molecule has 0 saturated heterocycles. The summed E-state index contributed by atoms with van der Waals surface area (Å²) in [4.78, 5) is 16.5. The van der Waals surface area contributed by atoms with Crippen LogP contribution in [0.3, 0.4) is 0 Å². The summed E-state index contributed by atoms with van der Waals surface area (Å²) in [6, 6.07) is 0.177. The van der Waals surface area contributed by atoms with Crippen molar-refractivity contribution >= 4 is 5.97 Å². The lowest BCUT2D eigenvalue weighted by Crippen LogP contribution is -2.28. The fraction of sp³-hybridized carbons (Fsp3) is 0.833. The molecule has 0 aromatic rings. The molecule has 60 valence electrons.